The number of nitrogens with zero attached hydrogens (tertiary/aromatic N) is 3. The molecule has 3 heterocycles. The lowest BCUT2D eigenvalue weighted by molar-refractivity contribution is -0.133. The number of rotatable bonds is 6. The number of hydrogen-bond donors (Lipinski definition) is 0. The Morgan fingerprint density at radius 3 is 2.51 bits per heavy atom. The largest absolute Gasteiger partial charge is 0.454 e. The van der Waals surface area contributed by atoms with Crippen molar-refractivity contribution in [3.63, 3.8) is 0 Å². The maximum atomic E-state index is 13.1. The highest BCUT2D eigenvalue weighted by Crippen LogP contribution is 2.42. The van der Waals surface area contributed by atoms with Crippen molar-refractivity contribution < 1.29 is 22.7 Å². The Labute approximate surface area is 204 Å². The molecule has 182 valence electrons. The number of sulfonamides is 1. The van der Waals surface area contributed by atoms with Crippen molar-refractivity contribution in [2.75, 3.05) is 43.8 Å². The molecule has 0 aliphatic carbocycles. The van der Waals surface area contributed by atoms with E-state index in [4.69, 9.17) is 9.47 Å². The van der Waals surface area contributed by atoms with Gasteiger partial charge in [-0.1, -0.05) is 30.3 Å². The van der Waals surface area contributed by atoms with Gasteiger partial charge in [0.25, 0.3) is 10.0 Å². The molecule has 0 unspecified atom stereocenters. The molecule has 0 saturated carbocycles. The standard InChI is InChI=1S/C26H27N3O5S/c30-25(28-14-12-27(13-15-28)17-19-9-10-22-23(16-19)34-18-33-22)8-3-11-29-21-6-1-4-20-5-2-7-24(26(20)21)35(29,31)32/h1-2,4-7,9-10,16H,3,8,11-15,17-18H2. The monoisotopic (exact) mass is 493 g/mol. The number of carbonyl (C=O) groups is 1. The van der Waals surface area contributed by atoms with Crippen LogP contribution in [0.15, 0.2) is 59.5 Å². The van der Waals surface area contributed by atoms with Crippen LogP contribution in [0.25, 0.3) is 10.8 Å². The zero-order chi connectivity index (χ0) is 24.0. The first kappa shape index (κ1) is 22.2. The molecule has 9 heteroatoms. The van der Waals surface area contributed by atoms with E-state index in [0.29, 0.717) is 43.1 Å². The van der Waals surface area contributed by atoms with E-state index in [-0.39, 0.29) is 12.7 Å². The minimum absolute atomic E-state index is 0.0834. The van der Waals surface area contributed by atoms with Crippen LogP contribution >= 0.6 is 0 Å². The molecule has 0 aromatic heterocycles. The van der Waals surface area contributed by atoms with Crippen LogP contribution in [0.5, 0.6) is 11.5 Å². The number of benzene rings is 3. The Morgan fingerprint density at radius 1 is 0.914 bits per heavy atom. The fraction of sp³-hybridized carbons (Fsp3) is 0.346. The second-order valence-electron chi connectivity index (χ2n) is 9.16. The van der Waals surface area contributed by atoms with Gasteiger partial charge in [0.05, 0.1) is 10.6 Å². The van der Waals surface area contributed by atoms with Gasteiger partial charge >= 0.3 is 0 Å². The van der Waals surface area contributed by atoms with Crippen molar-refractivity contribution in [2.45, 2.75) is 24.3 Å². The van der Waals surface area contributed by atoms with Crippen molar-refractivity contribution in [3.8, 4) is 11.5 Å². The van der Waals surface area contributed by atoms with E-state index in [0.717, 1.165) is 47.5 Å². The van der Waals surface area contributed by atoms with E-state index in [1.807, 2.05) is 41.3 Å². The lowest BCUT2D eigenvalue weighted by Crippen LogP contribution is -2.48. The maximum Gasteiger partial charge on any atom is 0.265 e. The molecule has 35 heavy (non-hydrogen) atoms. The van der Waals surface area contributed by atoms with Crippen LogP contribution in [-0.2, 0) is 21.4 Å². The van der Waals surface area contributed by atoms with E-state index >= 15 is 0 Å². The fourth-order valence-corrected chi connectivity index (χ4v) is 6.93. The summed E-state index contributed by atoms with van der Waals surface area (Å²) in [6.45, 7) is 4.33. The Morgan fingerprint density at radius 2 is 1.69 bits per heavy atom. The number of anilines is 1. The Hall–Kier alpha value is -3.30. The topological polar surface area (TPSA) is 79.4 Å². The number of amides is 1. The summed E-state index contributed by atoms with van der Waals surface area (Å²) >= 11 is 0. The van der Waals surface area contributed by atoms with E-state index in [9.17, 15) is 13.2 Å². The van der Waals surface area contributed by atoms with Gasteiger partial charge in [0.15, 0.2) is 11.5 Å². The molecule has 0 N–H and O–H groups in total. The SMILES string of the molecule is O=C(CCCN1c2cccc3cccc(c23)S1(=O)=O)N1CCN(Cc2ccc3c(c2)OCO3)CC1. The first-order valence-electron chi connectivity index (χ1n) is 11.9. The molecule has 1 amide bonds. The molecule has 0 spiro atoms. The fourth-order valence-electron chi connectivity index (χ4n) is 5.18. The van der Waals surface area contributed by atoms with Gasteiger partial charge in [-0.15, -0.1) is 0 Å². The summed E-state index contributed by atoms with van der Waals surface area (Å²) in [5.41, 5.74) is 1.87. The van der Waals surface area contributed by atoms with Crippen LogP contribution in [0.2, 0.25) is 0 Å². The van der Waals surface area contributed by atoms with E-state index in [2.05, 4.69) is 11.0 Å². The van der Waals surface area contributed by atoms with Crippen molar-refractivity contribution >= 4 is 32.4 Å². The first-order valence-corrected chi connectivity index (χ1v) is 13.4. The number of piperazine rings is 1. The molecule has 3 aromatic rings. The zero-order valence-corrected chi connectivity index (χ0v) is 20.2. The van der Waals surface area contributed by atoms with Gasteiger partial charge in [0, 0.05) is 51.1 Å². The van der Waals surface area contributed by atoms with Crippen LogP contribution in [0.3, 0.4) is 0 Å². The van der Waals surface area contributed by atoms with Crippen LogP contribution in [0, 0.1) is 0 Å². The van der Waals surface area contributed by atoms with Gasteiger partial charge in [0.2, 0.25) is 12.7 Å². The number of carbonyl (C=O) groups excluding carboxylic acids is 1. The van der Waals surface area contributed by atoms with E-state index < -0.39 is 10.0 Å². The summed E-state index contributed by atoms with van der Waals surface area (Å²) in [5, 5.41) is 1.70. The van der Waals surface area contributed by atoms with Crippen molar-refractivity contribution in [1.82, 2.24) is 9.80 Å². The summed E-state index contributed by atoms with van der Waals surface area (Å²) in [7, 11) is -3.58. The second kappa shape index (κ2) is 8.73. The molecular weight excluding hydrogens is 466 g/mol. The lowest BCUT2D eigenvalue weighted by atomic mass is 10.1. The molecule has 3 aliphatic heterocycles. The van der Waals surface area contributed by atoms with Gasteiger partial charge in [0.1, 0.15) is 0 Å². The quantitative estimate of drug-likeness (QED) is 0.525. The molecular formula is C26H27N3O5S. The summed E-state index contributed by atoms with van der Waals surface area (Å²) in [6.07, 6.45) is 0.820. The third-order valence-electron chi connectivity index (χ3n) is 7.00. The summed E-state index contributed by atoms with van der Waals surface area (Å²) in [5.74, 6) is 1.65. The zero-order valence-electron chi connectivity index (χ0n) is 19.4. The van der Waals surface area contributed by atoms with E-state index in [1.54, 1.807) is 12.1 Å². The number of fused-ring (bicyclic) bond motifs is 1. The molecule has 3 aromatic carbocycles. The summed E-state index contributed by atoms with van der Waals surface area (Å²) in [4.78, 5) is 17.4. The smallest absolute Gasteiger partial charge is 0.265 e. The minimum atomic E-state index is -3.58. The summed E-state index contributed by atoms with van der Waals surface area (Å²) < 4.78 is 38.5. The van der Waals surface area contributed by atoms with Crippen molar-refractivity contribution in [3.05, 3.63) is 60.2 Å². The maximum absolute atomic E-state index is 13.1. The van der Waals surface area contributed by atoms with Crippen LogP contribution in [0.4, 0.5) is 5.69 Å². The summed E-state index contributed by atoms with van der Waals surface area (Å²) in [6, 6.07) is 17.0. The van der Waals surface area contributed by atoms with Gasteiger partial charge in [-0.3, -0.25) is 14.0 Å². The van der Waals surface area contributed by atoms with Gasteiger partial charge in [-0.05, 0) is 41.6 Å². The molecule has 1 fully saturated rings. The highest BCUT2D eigenvalue weighted by Gasteiger charge is 2.35. The third-order valence-corrected chi connectivity index (χ3v) is 8.86. The average molecular weight is 494 g/mol. The highest BCUT2D eigenvalue weighted by atomic mass is 32.2. The lowest BCUT2D eigenvalue weighted by Gasteiger charge is -2.35. The van der Waals surface area contributed by atoms with Crippen LogP contribution in [-0.4, -0.2) is 63.6 Å². The molecule has 1 saturated heterocycles. The average Bonchev–Trinajstić information content (AvgIpc) is 3.42. The predicted octanol–water partition coefficient (Wildman–Crippen LogP) is 3.20. The Bertz CT molecular complexity index is 1390. The first-order chi connectivity index (χ1) is 17.0. The van der Waals surface area contributed by atoms with Crippen molar-refractivity contribution in [2.24, 2.45) is 0 Å². The second-order valence-corrected chi connectivity index (χ2v) is 11.0. The molecule has 0 radical (unpaired) electrons. The normalized spacial score (nSPS) is 18.4. The number of ether oxygens (including phenoxy) is 2. The highest BCUT2D eigenvalue weighted by molar-refractivity contribution is 7.93. The molecule has 6 rings (SSSR count). The van der Waals surface area contributed by atoms with Gasteiger partial charge < -0.3 is 14.4 Å². The molecule has 8 nitrogen and oxygen atoms in total. The van der Waals surface area contributed by atoms with E-state index in [1.165, 1.54) is 4.31 Å². The minimum Gasteiger partial charge on any atom is -0.454 e. The van der Waals surface area contributed by atoms with Crippen LogP contribution < -0.4 is 13.8 Å². The van der Waals surface area contributed by atoms with Crippen LogP contribution in [0.1, 0.15) is 18.4 Å². The molecule has 0 bridgehead atoms. The predicted molar refractivity (Wildman–Crippen MR) is 132 cm³/mol. The Balaban J connectivity index is 1.02. The Kier molecular flexibility index (Phi) is 5.53. The number of hydrogen-bond acceptors (Lipinski definition) is 6. The van der Waals surface area contributed by atoms with Gasteiger partial charge in [-0.2, -0.15) is 0 Å². The molecule has 3 aliphatic rings. The van der Waals surface area contributed by atoms with Crippen molar-refractivity contribution in [1.29, 1.82) is 0 Å². The third kappa shape index (κ3) is 3.98. The molecule has 0 atom stereocenters. The van der Waals surface area contributed by atoms with Gasteiger partial charge in [-0.25, -0.2) is 8.42 Å².